The lowest BCUT2D eigenvalue weighted by Crippen LogP contribution is -2.30. The molecule has 15 heavy (non-hydrogen) atoms. The molecule has 0 radical (unpaired) electrons. The third-order valence-electron chi connectivity index (χ3n) is 1.45. The minimum absolute atomic E-state index is 0.0321. The predicted molar refractivity (Wildman–Crippen MR) is 55.4 cm³/mol. The van der Waals surface area contributed by atoms with Gasteiger partial charge in [-0.05, 0) is 13.3 Å². The zero-order valence-electron chi connectivity index (χ0n) is 9.12. The molecule has 1 amide bonds. The van der Waals surface area contributed by atoms with Crippen molar-refractivity contribution in [3.05, 3.63) is 12.7 Å². The van der Waals surface area contributed by atoms with Crippen LogP contribution in [0.1, 0.15) is 20.3 Å². The van der Waals surface area contributed by atoms with Crippen molar-refractivity contribution < 1.29 is 19.1 Å². The molecule has 0 aromatic heterocycles. The summed E-state index contributed by atoms with van der Waals surface area (Å²) in [5.74, 6) is -0.528. The number of carbonyl (C=O) groups is 2. The van der Waals surface area contributed by atoms with Gasteiger partial charge in [-0.1, -0.05) is 13.5 Å². The first-order valence-corrected chi connectivity index (χ1v) is 4.83. The number of rotatable bonds is 6. The Hall–Kier alpha value is -1.52. The largest absolute Gasteiger partial charge is 0.459 e. The minimum atomic E-state index is -0.528. The third kappa shape index (κ3) is 7.54. The summed E-state index contributed by atoms with van der Waals surface area (Å²) in [6.07, 6.45) is 0.934. The molecule has 0 aromatic rings. The average Bonchev–Trinajstić information content (AvgIpc) is 2.22. The number of carbonyl (C=O) groups excluding carboxylic acids is 2. The van der Waals surface area contributed by atoms with Crippen LogP contribution >= 0.6 is 0 Å². The number of hydrogen-bond acceptors (Lipinski definition) is 4. The number of amides is 1. The van der Waals surface area contributed by atoms with E-state index < -0.39 is 18.2 Å². The van der Waals surface area contributed by atoms with Crippen LogP contribution in [-0.2, 0) is 14.3 Å². The Morgan fingerprint density at radius 1 is 1.53 bits per heavy atom. The molecular formula is C10H17NO4. The van der Waals surface area contributed by atoms with E-state index in [4.69, 9.17) is 9.47 Å². The van der Waals surface area contributed by atoms with Crippen LogP contribution < -0.4 is 5.32 Å². The summed E-state index contributed by atoms with van der Waals surface area (Å²) >= 11 is 0. The van der Waals surface area contributed by atoms with Gasteiger partial charge in [0, 0.05) is 12.6 Å². The summed E-state index contributed by atoms with van der Waals surface area (Å²) in [5, 5.41) is 2.54. The van der Waals surface area contributed by atoms with Gasteiger partial charge in [0.15, 0.2) is 0 Å². The van der Waals surface area contributed by atoms with Crippen LogP contribution in [-0.4, -0.2) is 31.3 Å². The molecule has 0 fully saturated rings. The number of nitrogens with one attached hydrogen (secondary N) is 1. The van der Waals surface area contributed by atoms with Crippen LogP contribution in [0.3, 0.4) is 0 Å². The Kier molecular flexibility index (Phi) is 7.05. The van der Waals surface area contributed by atoms with Gasteiger partial charge in [-0.25, -0.2) is 9.59 Å². The molecule has 0 saturated heterocycles. The molecule has 0 saturated carbocycles. The van der Waals surface area contributed by atoms with Crippen LogP contribution in [0.15, 0.2) is 12.7 Å². The maximum Gasteiger partial charge on any atom is 0.407 e. The first kappa shape index (κ1) is 13.5. The lowest BCUT2D eigenvalue weighted by atomic mass is 10.4. The Balaban J connectivity index is 3.63. The predicted octanol–water partition coefficient (Wildman–Crippen LogP) is 1.24. The molecule has 0 heterocycles. The molecule has 5 nitrogen and oxygen atoms in total. The molecule has 5 heteroatoms. The molecule has 86 valence electrons. The summed E-state index contributed by atoms with van der Waals surface area (Å²) in [5.41, 5.74) is 0. The van der Waals surface area contributed by atoms with E-state index >= 15 is 0 Å². The number of alkyl carbamates (subject to hydrolysis) is 1. The van der Waals surface area contributed by atoms with Gasteiger partial charge in [-0.2, -0.15) is 0 Å². The highest BCUT2D eigenvalue weighted by molar-refractivity contribution is 5.81. The summed E-state index contributed by atoms with van der Waals surface area (Å²) in [6, 6.07) is 0. The van der Waals surface area contributed by atoms with E-state index in [0.717, 1.165) is 12.5 Å². The quantitative estimate of drug-likeness (QED) is 0.535. The summed E-state index contributed by atoms with van der Waals surface area (Å²) in [4.78, 5) is 21.7. The molecule has 0 aliphatic rings. The van der Waals surface area contributed by atoms with E-state index in [0.29, 0.717) is 6.54 Å². The lowest BCUT2D eigenvalue weighted by Gasteiger charge is -2.13. The maximum atomic E-state index is 11.0. The van der Waals surface area contributed by atoms with Crippen LogP contribution in [0.5, 0.6) is 0 Å². The van der Waals surface area contributed by atoms with E-state index in [1.807, 2.05) is 6.92 Å². The summed E-state index contributed by atoms with van der Waals surface area (Å²) < 4.78 is 9.58. The van der Waals surface area contributed by atoms with Crippen molar-refractivity contribution in [2.24, 2.45) is 0 Å². The minimum Gasteiger partial charge on any atom is -0.459 e. The standard InChI is InChI=1S/C10H17NO4/c1-4-6-11-10(13)15-8(3)7-14-9(12)5-2/h5,8H,2,4,6-7H2,1,3H3,(H,11,13). The molecule has 0 aromatic carbocycles. The highest BCUT2D eigenvalue weighted by atomic mass is 16.6. The fourth-order valence-electron chi connectivity index (χ4n) is 0.744. The van der Waals surface area contributed by atoms with Crippen LogP contribution in [0.4, 0.5) is 4.79 Å². The molecule has 0 aliphatic carbocycles. The van der Waals surface area contributed by atoms with Crippen molar-refractivity contribution >= 4 is 12.1 Å². The number of ether oxygens (including phenoxy) is 2. The lowest BCUT2D eigenvalue weighted by molar-refractivity contribution is -0.140. The Morgan fingerprint density at radius 2 is 2.20 bits per heavy atom. The molecule has 0 rings (SSSR count). The third-order valence-corrected chi connectivity index (χ3v) is 1.45. The molecule has 1 unspecified atom stereocenters. The van der Waals surface area contributed by atoms with Crippen molar-refractivity contribution in [3.63, 3.8) is 0 Å². The van der Waals surface area contributed by atoms with E-state index in [2.05, 4.69) is 11.9 Å². The van der Waals surface area contributed by atoms with Gasteiger partial charge in [0.05, 0.1) is 0 Å². The Labute approximate surface area is 89.4 Å². The molecule has 0 aliphatic heterocycles. The fraction of sp³-hybridized carbons (Fsp3) is 0.600. The summed E-state index contributed by atoms with van der Waals surface area (Å²) in [6.45, 7) is 7.43. The van der Waals surface area contributed by atoms with Gasteiger partial charge in [-0.15, -0.1) is 0 Å². The monoisotopic (exact) mass is 215 g/mol. The Morgan fingerprint density at radius 3 is 2.73 bits per heavy atom. The van der Waals surface area contributed by atoms with Gasteiger partial charge in [0.1, 0.15) is 12.7 Å². The van der Waals surface area contributed by atoms with Crippen LogP contribution in [0.2, 0.25) is 0 Å². The average molecular weight is 215 g/mol. The van der Waals surface area contributed by atoms with Gasteiger partial charge in [0.25, 0.3) is 0 Å². The van der Waals surface area contributed by atoms with Crippen molar-refractivity contribution in [3.8, 4) is 0 Å². The highest BCUT2D eigenvalue weighted by Crippen LogP contribution is 1.93. The fourth-order valence-corrected chi connectivity index (χ4v) is 0.744. The van der Waals surface area contributed by atoms with E-state index in [-0.39, 0.29) is 6.61 Å². The highest BCUT2D eigenvalue weighted by Gasteiger charge is 2.09. The van der Waals surface area contributed by atoms with Gasteiger partial charge in [0.2, 0.25) is 0 Å². The molecule has 0 spiro atoms. The molecular weight excluding hydrogens is 198 g/mol. The van der Waals surface area contributed by atoms with E-state index in [1.54, 1.807) is 6.92 Å². The van der Waals surface area contributed by atoms with Crippen molar-refractivity contribution in [1.82, 2.24) is 5.32 Å². The first-order chi connectivity index (χ1) is 7.10. The second-order valence-corrected chi connectivity index (χ2v) is 2.98. The van der Waals surface area contributed by atoms with Crippen LogP contribution in [0, 0.1) is 0 Å². The van der Waals surface area contributed by atoms with Crippen molar-refractivity contribution in [1.29, 1.82) is 0 Å². The SMILES string of the molecule is C=CC(=O)OCC(C)OC(=O)NCCC. The first-order valence-electron chi connectivity index (χ1n) is 4.83. The van der Waals surface area contributed by atoms with Gasteiger partial charge < -0.3 is 14.8 Å². The summed E-state index contributed by atoms with van der Waals surface area (Å²) in [7, 11) is 0. The van der Waals surface area contributed by atoms with Crippen LogP contribution in [0.25, 0.3) is 0 Å². The second-order valence-electron chi connectivity index (χ2n) is 2.98. The molecule has 1 N–H and O–H groups in total. The normalized spacial score (nSPS) is 11.3. The van der Waals surface area contributed by atoms with Crippen molar-refractivity contribution in [2.45, 2.75) is 26.4 Å². The molecule has 1 atom stereocenters. The van der Waals surface area contributed by atoms with Gasteiger partial charge >= 0.3 is 12.1 Å². The smallest absolute Gasteiger partial charge is 0.407 e. The number of esters is 1. The van der Waals surface area contributed by atoms with Crippen molar-refractivity contribution in [2.75, 3.05) is 13.2 Å². The topological polar surface area (TPSA) is 64.6 Å². The number of hydrogen-bond donors (Lipinski definition) is 1. The van der Waals surface area contributed by atoms with Gasteiger partial charge in [-0.3, -0.25) is 0 Å². The molecule has 0 bridgehead atoms. The zero-order valence-corrected chi connectivity index (χ0v) is 9.12. The maximum absolute atomic E-state index is 11.0. The van der Waals surface area contributed by atoms with E-state index in [9.17, 15) is 9.59 Å². The van der Waals surface area contributed by atoms with E-state index in [1.165, 1.54) is 0 Å². The Bertz CT molecular complexity index is 227. The zero-order chi connectivity index (χ0) is 11.7. The second kappa shape index (κ2) is 7.84.